The second-order valence-corrected chi connectivity index (χ2v) is 3.13. The van der Waals surface area contributed by atoms with Crippen molar-refractivity contribution < 1.29 is 13.6 Å². The van der Waals surface area contributed by atoms with Crippen LogP contribution in [0.5, 0.6) is 0 Å². The normalized spacial score (nSPS) is 10.7. The number of hydrogen-bond donors (Lipinski definition) is 0. The average molecular weight is 241 g/mol. The molecule has 0 aliphatic rings. The lowest BCUT2D eigenvalue weighted by molar-refractivity contribution is 0.100. The minimum atomic E-state index is -2.89. The number of carbonyl (C=O) groups is 1. The molecule has 0 aliphatic heterocycles. The van der Waals surface area contributed by atoms with E-state index >= 15 is 0 Å². The molecule has 0 aromatic carbocycles. The third kappa shape index (κ3) is 2.16. The SMILES string of the molecule is CC(=O)c1nc(Cl)c(Cl)c(C(F)F)n1. The maximum atomic E-state index is 12.3. The molecule has 1 aromatic heterocycles. The summed E-state index contributed by atoms with van der Waals surface area (Å²) in [5.41, 5.74) is -0.725. The monoisotopic (exact) mass is 240 g/mol. The van der Waals surface area contributed by atoms with E-state index in [0.717, 1.165) is 6.92 Å². The zero-order valence-corrected chi connectivity index (χ0v) is 8.40. The number of rotatable bonds is 2. The van der Waals surface area contributed by atoms with E-state index in [1.54, 1.807) is 0 Å². The molecule has 0 spiro atoms. The predicted molar refractivity (Wildman–Crippen MR) is 47.0 cm³/mol. The summed E-state index contributed by atoms with van der Waals surface area (Å²) in [5.74, 6) is -0.917. The Morgan fingerprint density at radius 3 is 2.36 bits per heavy atom. The molecule has 7 heteroatoms. The molecule has 0 unspecified atom stereocenters. The van der Waals surface area contributed by atoms with Gasteiger partial charge in [-0.1, -0.05) is 23.2 Å². The van der Waals surface area contributed by atoms with Gasteiger partial charge in [0.15, 0.2) is 16.8 Å². The van der Waals surface area contributed by atoms with Crippen LogP contribution in [-0.2, 0) is 0 Å². The van der Waals surface area contributed by atoms with Crippen molar-refractivity contribution in [3.05, 3.63) is 21.7 Å². The maximum Gasteiger partial charge on any atom is 0.282 e. The third-order valence-electron chi connectivity index (χ3n) is 1.36. The van der Waals surface area contributed by atoms with Crippen LogP contribution < -0.4 is 0 Å². The van der Waals surface area contributed by atoms with Crippen LogP contribution in [0.1, 0.15) is 29.7 Å². The van der Waals surface area contributed by atoms with Gasteiger partial charge in [0.05, 0.1) is 0 Å². The Bertz CT molecular complexity index is 384. The van der Waals surface area contributed by atoms with Crippen LogP contribution in [0.4, 0.5) is 8.78 Å². The molecule has 1 rings (SSSR count). The van der Waals surface area contributed by atoms with Gasteiger partial charge in [0.2, 0.25) is 0 Å². The second kappa shape index (κ2) is 4.14. The average Bonchev–Trinajstić information content (AvgIpc) is 2.08. The molecule has 1 aromatic rings. The van der Waals surface area contributed by atoms with Crippen LogP contribution in [0.3, 0.4) is 0 Å². The first-order valence-corrected chi connectivity index (χ1v) is 4.21. The van der Waals surface area contributed by atoms with Crippen LogP contribution in [0.2, 0.25) is 10.2 Å². The highest BCUT2D eigenvalue weighted by molar-refractivity contribution is 6.41. The summed E-state index contributed by atoms with van der Waals surface area (Å²) >= 11 is 10.9. The third-order valence-corrected chi connectivity index (χ3v) is 2.10. The van der Waals surface area contributed by atoms with Gasteiger partial charge in [-0.05, 0) is 0 Å². The topological polar surface area (TPSA) is 42.9 Å². The molecule has 1 heterocycles. The Hall–Kier alpha value is -0.810. The van der Waals surface area contributed by atoms with Crippen molar-refractivity contribution in [1.82, 2.24) is 9.97 Å². The summed E-state index contributed by atoms with van der Waals surface area (Å²) in [6, 6.07) is 0. The molecule has 0 amide bonds. The lowest BCUT2D eigenvalue weighted by Crippen LogP contribution is -2.06. The van der Waals surface area contributed by atoms with Crippen molar-refractivity contribution in [3.63, 3.8) is 0 Å². The smallest absolute Gasteiger partial charge is 0.282 e. The molecule has 76 valence electrons. The molecular formula is C7H4Cl2F2N2O. The van der Waals surface area contributed by atoms with Crippen LogP contribution in [0.15, 0.2) is 0 Å². The number of nitrogens with zero attached hydrogens (tertiary/aromatic N) is 2. The van der Waals surface area contributed by atoms with Gasteiger partial charge in [-0.15, -0.1) is 0 Å². The summed E-state index contributed by atoms with van der Waals surface area (Å²) in [7, 11) is 0. The van der Waals surface area contributed by atoms with Gasteiger partial charge in [0, 0.05) is 6.92 Å². The van der Waals surface area contributed by atoms with Crippen LogP contribution >= 0.6 is 23.2 Å². The fourth-order valence-corrected chi connectivity index (χ4v) is 1.08. The minimum Gasteiger partial charge on any atom is -0.291 e. The van der Waals surface area contributed by atoms with Gasteiger partial charge in [-0.2, -0.15) is 0 Å². The van der Waals surface area contributed by atoms with E-state index < -0.39 is 22.9 Å². The van der Waals surface area contributed by atoms with Crippen molar-refractivity contribution in [3.8, 4) is 0 Å². The van der Waals surface area contributed by atoms with Crippen molar-refractivity contribution in [2.75, 3.05) is 0 Å². The van der Waals surface area contributed by atoms with Gasteiger partial charge >= 0.3 is 0 Å². The second-order valence-electron chi connectivity index (χ2n) is 2.39. The minimum absolute atomic E-state index is 0.345. The Kier molecular flexibility index (Phi) is 3.34. The Labute approximate surface area is 88.1 Å². The van der Waals surface area contributed by atoms with Crippen molar-refractivity contribution in [2.24, 2.45) is 0 Å². The first-order valence-electron chi connectivity index (χ1n) is 3.45. The number of alkyl halides is 2. The zero-order chi connectivity index (χ0) is 10.9. The highest BCUT2D eigenvalue weighted by atomic mass is 35.5. The quantitative estimate of drug-likeness (QED) is 0.590. The Balaban J connectivity index is 3.35. The van der Waals surface area contributed by atoms with E-state index in [0.29, 0.717) is 0 Å². The molecule has 0 atom stereocenters. The molecule has 0 aliphatic carbocycles. The van der Waals surface area contributed by atoms with Crippen molar-refractivity contribution in [2.45, 2.75) is 13.3 Å². The van der Waals surface area contributed by atoms with Crippen LogP contribution in [0.25, 0.3) is 0 Å². The molecular weight excluding hydrogens is 237 g/mol. The predicted octanol–water partition coefficient (Wildman–Crippen LogP) is 2.92. The Morgan fingerprint density at radius 2 is 1.93 bits per heavy atom. The van der Waals surface area contributed by atoms with Crippen LogP contribution in [-0.4, -0.2) is 15.8 Å². The maximum absolute atomic E-state index is 12.3. The van der Waals surface area contributed by atoms with Crippen molar-refractivity contribution in [1.29, 1.82) is 0 Å². The molecule has 0 saturated carbocycles. The lowest BCUT2D eigenvalue weighted by Gasteiger charge is -2.04. The van der Waals surface area contributed by atoms with E-state index in [1.165, 1.54) is 0 Å². The van der Waals surface area contributed by atoms with Gasteiger partial charge in [-0.25, -0.2) is 18.7 Å². The van der Waals surface area contributed by atoms with Gasteiger partial charge in [0.25, 0.3) is 6.43 Å². The Morgan fingerprint density at radius 1 is 1.36 bits per heavy atom. The molecule has 14 heavy (non-hydrogen) atoms. The number of hydrogen-bond acceptors (Lipinski definition) is 3. The fourth-order valence-electron chi connectivity index (χ4n) is 0.738. The van der Waals surface area contributed by atoms with E-state index in [2.05, 4.69) is 9.97 Å². The molecule has 0 radical (unpaired) electrons. The highest BCUT2D eigenvalue weighted by Gasteiger charge is 2.20. The summed E-state index contributed by atoms with van der Waals surface area (Å²) in [4.78, 5) is 17.6. The standard InChI is InChI=1S/C7H4Cl2F2N2O/c1-2(14)7-12-4(6(10)11)3(8)5(9)13-7/h6H,1H3. The summed E-state index contributed by atoms with van der Waals surface area (Å²) in [6.45, 7) is 1.15. The van der Waals surface area contributed by atoms with E-state index in [9.17, 15) is 13.6 Å². The first kappa shape index (κ1) is 11.3. The summed E-state index contributed by atoms with van der Waals surface area (Å²) < 4.78 is 24.6. The molecule has 0 N–H and O–H groups in total. The molecule has 0 bridgehead atoms. The number of ketones is 1. The summed E-state index contributed by atoms with van der Waals surface area (Å²) in [5, 5.41) is -0.770. The number of aromatic nitrogens is 2. The fraction of sp³-hybridized carbons (Fsp3) is 0.286. The number of carbonyl (C=O) groups excluding carboxylic acids is 1. The molecule has 0 saturated heterocycles. The highest BCUT2D eigenvalue weighted by Crippen LogP contribution is 2.29. The van der Waals surface area contributed by atoms with Gasteiger partial charge < -0.3 is 0 Å². The van der Waals surface area contributed by atoms with Crippen LogP contribution in [0, 0.1) is 0 Å². The summed E-state index contributed by atoms with van der Waals surface area (Å²) in [6.07, 6.45) is -2.89. The van der Waals surface area contributed by atoms with Crippen molar-refractivity contribution >= 4 is 29.0 Å². The zero-order valence-electron chi connectivity index (χ0n) is 6.89. The largest absolute Gasteiger partial charge is 0.291 e. The van der Waals surface area contributed by atoms with E-state index in [-0.39, 0.29) is 11.0 Å². The number of halogens is 4. The molecule has 0 fully saturated rings. The molecule has 3 nitrogen and oxygen atoms in total. The number of Topliss-reactive ketones (excluding diaryl/α,β-unsaturated/α-hetero) is 1. The first-order chi connectivity index (χ1) is 6.43. The van der Waals surface area contributed by atoms with Gasteiger partial charge in [-0.3, -0.25) is 4.79 Å². The van der Waals surface area contributed by atoms with Gasteiger partial charge in [0.1, 0.15) is 10.7 Å². The lowest BCUT2D eigenvalue weighted by atomic mass is 10.3. The van der Waals surface area contributed by atoms with E-state index in [4.69, 9.17) is 23.2 Å². The van der Waals surface area contributed by atoms with E-state index in [1.807, 2.05) is 0 Å².